The molecule has 0 amide bonds. The van der Waals surface area contributed by atoms with Crippen LogP contribution in [0.4, 0.5) is 17.1 Å². The summed E-state index contributed by atoms with van der Waals surface area (Å²) in [7, 11) is 0. The fourth-order valence-electron chi connectivity index (χ4n) is 9.59. The maximum absolute atomic E-state index is 2.65. The molecular weight excluding hydrogens is 701 g/mol. The van der Waals surface area contributed by atoms with Crippen molar-refractivity contribution in [2.75, 3.05) is 11.4 Å². The van der Waals surface area contributed by atoms with E-state index in [1.807, 2.05) is 0 Å². The van der Waals surface area contributed by atoms with E-state index < -0.39 is 0 Å². The van der Waals surface area contributed by atoms with Crippen molar-refractivity contribution in [3.63, 3.8) is 0 Å². The lowest BCUT2D eigenvalue weighted by Gasteiger charge is -2.40. The lowest BCUT2D eigenvalue weighted by atomic mass is 9.81. The summed E-state index contributed by atoms with van der Waals surface area (Å²) in [5, 5.41) is 2.45. The van der Waals surface area contributed by atoms with Crippen LogP contribution in [0.2, 0.25) is 0 Å². The summed E-state index contributed by atoms with van der Waals surface area (Å²) in [6, 6.07) is 65.6. The number of hydrogen-bond acceptors (Lipinski definition) is 2. The Bertz CT molecular complexity index is 2810. The van der Waals surface area contributed by atoms with Crippen LogP contribution in [0.25, 0.3) is 55.3 Å². The van der Waals surface area contributed by atoms with Crippen molar-refractivity contribution in [2.24, 2.45) is 0 Å². The topological polar surface area (TPSA) is 6.48 Å². The maximum atomic E-state index is 2.65. The molecule has 8 aromatic rings. The van der Waals surface area contributed by atoms with Gasteiger partial charge >= 0.3 is 0 Å². The molecule has 284 valence electrons. The molecule has 8 aromatic carbocycles. The molecule has 0 N–H and O–H groups in total. The van der Waals surface area contributed by atoms with Gasteiger partial charge in [0.05, 0.1) is 5.69 Å². The van der Waals surface area contributed by atoms with E-state index in [1.165, 1.54) is 83.2 Å². The number of rotatable bonds is 6. The van der Waals surface area contributed by atoms with Gasteiger partial charge in [-0.2, -0.15) is 0 Å². The zero-order valence-corrected chi connectivity index (χ0v) is 34.3. The van der Waals surface area contributed by atoms with Gasteiger partial charge in [0.2, 0.25) is 0 Å². The van der Waals surface area contributed by atoms with Crippen molar-refractivity contribution in [1.29, 1.82) is 0 Å². The molecule has 0 unspecified atom stereocenters. The molecule has 0 atom stereocenters. The molecule has 0 saturated carbocycles. The van der Waals surface area contributed by atoms with Gasteiger partial charge in [0, 0.05) is 41.0 Å². The highest BCUT2D eigenvalue weighted by Crippen LogP contribution is 2.54. The van der Waals surface area contributed by atoms with Crippen LogP contribution >= 0.6 is 0 Å². The Morgan fingerprint density at radius 1 is 0.483 bits per heavy atom. The predicted octanol–water partition coefficient (Wildman–Crippen LogP) is 14.8. The average molecular weight is 751 g/mol. The van der Waals surface area contributed by atoms with E-state index in [0.717, 1.165) is 30.9 Å². The van der Waals surface area contributed by atoms with Crippen molar-refractivity contribution < 1.29 is 0 Å². The van der Waals surface area contributed by atoms with Crippen molar-refractivity contribution in [1.82, 2.24) is 4.90 Å². The minimum absolute atomic E-state index is 0.0759. The number of anilines is 3. The molecule has 2 aliphatic rings. The third-order valence-electron chi connectivity index (χ3n) is 12.9. The van der Waals surface area contributed by atoms with E-state index in [4.69, 9.17) is 0 Å². The minimum atomic E-state index is -0.154. The first-order valence-corrected chi connectivity index (χ1v) is 20.8. The van der Waals surface area contributed by atoms with Crippen LogP contribution in [0.5, 0.6) is 0 Å². The summed E-state index contributed by atoms with van der Waals surface area (Å²) in [5.41, 5.74) is 19.2. The van der Waals surface area contributed by atoms with Crippen molar-refractivity contribution >= 4 is 27.8 Å². The van der Waals surface area contributed by atoms with Crippen LogP contribution in [0.15, 0.2) is 176 Å². The maximum Gasteiger partial charge on any atom is 0.0543 e. The van der Waals surface area contributed by atoms with Crippen molar-refractivity contribution in [3.8, 4) is 44.5 Å². The zero-order chi connectivity index (χ0) is 39.6. The Labute approximate surface area is 344 Å². The van der Waals surface area contributed by atoms with E-state index in [1.54, 1.807) is 0 Å². The molecule has 1 heterocycles. The van der Waals surface area contributed by atoms with Crippen LogP contribution in [-0.4, -0.2) is 17.0 Å². The number of benzene rings is 8. The second-order valence-electron chi connectivity index (χ2n) is 17.7. The highest BCUT2D eigenvalue weighted by atomic mass is 15.2. The Hall–Kier alpha value is -6.22. The summed E-state index contributed by atoms with van der Waals surface area (Å²) in [6.45, 7) is 13.8. The smallest absolute Gasteiger partial charge is 0.0543 e. The molecule has 0 radical (unpaired) electrons. The largest absolute Gasteiger partial charge is 0.310 e. The highest BCUT2D eigenvalue weighted by Gasteiger charge is 2.38. The fraction of sp³-hybridized carbons (Fsp3) is 0.179. The summed E-state index contributed by atoms with van der Waals surface area (Å²) in [6.07, 6.45) is 1.05. The molecule has 2 nitrogen and oxygen atoms in total. The number of fused-ring (bicyclic) bond motifs is 5. The normalized spacial score (nSPS) is 14.5. The van der Waals surface area contributed by atoms with E-state index in [2.05, 4.69) is 220 Å². The molecule has 0 fully saturated rings. The number of hydrogen-bond donors (Lipinski definition) is 0. The predicted molar refractivity (Wildman–Crippen MR) is 246 cm³/mol. The van der Waals surface area contributed by atoms with Crippen LogP contribution in [0.3, 0.4) is 0 Å². The standard InChI is InChI=1S/C56H50N2/c1-55(2,3)57-32-31-41-19-14-21-47(51(41)37-57)50-35-49-48-20-12-13-22-52(48)56(4,5)53(49)36-54(50)58(45-28-25-40(26-29-45)38-15-8-6-9-16-38)46-30-27-43-33-42(23-24-44(43)34-46)39-17-10-7-11-18-39/h6-30,33-36H,31-32,37H2,1-5H3. The van der Waals surface area contributed by atoms with Gasteiger partial charge in [-0.05, 0) is 142 Å². The lowest BCUT2D eigenvalue weighted by Crippen LogP contribution is -2.44. The third kappa shape index (κ3) is 6.24. The van der Waals surface area contributed by atoms with Crippen LogP contribution in [0, 0.1) is 0 Å². The highest BCUT2D eigenvalue weighted by molar-refractivity contribution is 5.98. The summed E-state index contributed by atoms with van der Waals surface area (Å²) in [4.78, 5) is 5.18. The second-order valence-corrected chi connectivity index (χ2v) is 17.7. The molecule has 1 aliphatic carbocycles. The molecular formula is C56H50N2. The Morgan fingerprint density at radius 3 is 1.83 bits per heavy atom. The summed E-state index contributed by atoms with van der Waals surface area (Å²) >= 11 is 0. The van der Waals surface area contributed by atoms with Gasteiger partial charge < -0.3 is 4.90 Å². The molecule has 0 spiro atoms. The van der Waals surface area contributed by atoms with Gasteiger partial charge in [0.15, 0.2) is 0 Å². The van der Waals surface area contributed by atoms with Crippen LogP contribution < -0.4 is 4.90 Å². The van der Waals surface area contributed by atoms with Gasteiger partial charge in [-0.3, -0.25) is 4.90 Å². The molecule has 0 aromatic heterocycles. The number of nitrogens with zero attached hydrogens (tertiary/aromatic N) is 2. The van der Waals surface area contributed by atoms with Crippen molar-refractivity contribution in [3.05, 3.63) is 198 Å². The third-order valence-corrected chi connectivity index (χ3v) is 12.9. The fourth-order valence-corrected chi connectivity index (χ4v) is 9.59. The van der Waals surface area contributed by atoms with Gasteiger partial charge in [-0.25, -0.2) is 0 Å². The van der Waals surface area contributed by atoms with E-state index >= 15 is 0 Å². The summed E-state index contributed by atoms with van der Waals surface area (Å²) < 4.78 is 0. The van der Waals surface area contributed by atoms with Gasteiger partial charge in [-0.15, -0.1) is 0 Å². The monoisotopic (exact) mass is 750 g/mol. The molecule has 0 bridgehead atoms. The SMILES string of the molecule is CC1(C)c2ccccc2-c2cc(-c3cccc4c3CN(C(C)(C)C)CC4)c(N(c3ccc(-c4ccccc4)cc3)c3ccc4cc(-c5ccccc5)ccc4c3)cc21. The molecule has 0 saturated heterocycles. The molecule has 2 heteroatoms. The lowest BCUT2D eigenvalue weighted by molar-refractivity contribution is 0.121. The van der Waals surface area contributed by atoms with E-state index in [9.17, 15) is 0 Å². The van der Waals surface area contributed by atoms with Gasteiger partial charge in [-0.1, -0.05) is 147 Å². The zero-order valence-electron chi connectivity index (χ0n) is 34.3. The summed E-state index contributed by atoms with van der Waals surface area (Å²) in [5.74, 6) is 0. The Balaban J connectivity index is 1.22. The molecule has 1 aliphatic heterocycles. The molecule has 10 rings (SSSR count). The van der Waals surface area contributed by atoms with Crippen LogP contribution in [0.1, 0.15) is 56.9 Å². The average Bonchev–Trinajstić information content (AvgIpc) is 3.48. The minimum Gasteiger partial charge on any atom is -0.310 e. The van der Waals surface area contributed by atoms with Gasteiger partial charge in [0.1, 0.15) is 0 Å². The Kier molecular flexibility index (Phi) is 8.73. The van der Waals surface area contributed by atoms with Gasteiger partial charge in [0.25, 0.3) is 0 Å². The first-order valence-electron chi connectivity index (χ1n) is 20.8. The molecule has 58 heavy (non-hydrogen) atoms. The Morgan fingerprint density at radius 2 is 1.09 bits per heavy atom. The van der Waals surface area contributed by atoms with E-state index in [0.29, 0.717) is 0 Å². The quantitative estimate of drug-likeness (QED) is 0.167. The first-order chi connectivity index (χ1) is 28.1. The first kappa shape index (κ1) is 36.1. The second kappa shape index (κ2) is 14.0. The van der Waals surface area contributed by atoms with E-state index in [-0.39, 0.29) is 11.0 Å². The van der Waals surface area contributed by atoms with Crippen molar-refractivity contribution in [2.45, 2.75) is 58.5 Å². The van der Waals surface area contributed by atoms with Crippen LogP contribution in [-0.2, 0) is 18.4 Å².